The number of hydrogen-bond donors (Lipinski definition) is 6. The Morgan fingerprint density at radius 3 is 2.74 bits per heavy atom. The minimum atomic E-state index is -0.420. The third-order valence-electron chi connectivity index (χ3n) is 6.89. The van der Waals surface area contributed by atoms with Gasteiger partial charge in [0, 0.05) is 45.9 Å². The molecule has 2 aliphatic rings. The Hall–Kier alpha value is -4.04. The molecule has 5 rings (SSSR count). The Morgan fingerprint density at radius 1 is 1.17 bits per heavy atom. The van der Waals surface area contributed by atoms with E-state index in [-0.39, 0.29) is 5.91 Å². The topological polar surface area (TPSA) is 122 Å². The standard InChI is InChI=1S/C27H31N7O/c1-34-11-8-17(9-12-34)23-16-31-25-7-6-19(13-22(23)25)33-27(35)21-3-2-10-30-26(21)32-20-5-4-18(15-28)24(29)14-20/h2-7,10,13-17,26,28,30-32H,8-9,11-12,29H2,1H3,(H,33,35). The number of carbonyl (C=O) groups is 1. The smallest absolute Gasteiger partial charge is 0.255 e. The van der Waals surface area contributed by atoms with Crippen LogP contribution in [0.25, 0.3) is 10.9 Å². The van der Waals surface area contributed by atoms with E-state index in [1.165, 1.54) is 17.2 Å². The van der Waals surface area contributed by atoms with Crippen molar-refractivity contribution in [2.24, 2.45) is 0 Å². The Kier molecular flexibility index (Phi) is 6.29. The number of amides is 1. The summed E-state index contributed by atoms with van der Waals surface area (Å²) in [6.45, 7) is 2.21. The number of H-pyrrole nitrogens is 1. The molecule has 2 aromatic carbocycles. The van der Waals surface area contributed by atoms with Gasteiger partial charge in [0.15, 0.2) is 0 Å². The van der Waals surface area contributed by atoms with Crippen LogP contribution in [0.3, 0.4) is 0 Å². The van der Waals surface area contributed by atoms with Gasteiger partial charge >= 0.3 is 0 Å². The summed E-state index contributed by atoms with van der Waals surface area (Å²) in [5, 5.41) is 18.2. The van der Waals surface area contributed by atoms with Crippen LogP contribution in [0.4, 0.5) is 17.1 Å². The van der Waals surface area contributed by atoms with Crippen LogP contribution in [-0.2, 0) is 4.79 Å². The molecule has 1 amide bonds. The van der Waals surface area contributed by atoms with Crippen molar-refractivity contribution in [1.29, 1.82) is 5.41 Å². The summed E-state index contributed by atoms with van der Waals surface area (Å²) >= 11 is 0. The summed E-state index contributed by atoms with van der Waals surface area (Å²) in [4.78, 5) is 19.0. The first kappa shape index (κ1) is 22.7. The zero-order valence-electron chi connectivity index (χ0n) is 19.8. The predicted molar refractivity (Wildman–Crippen MR) is 143 cm³/mol. The minimum Gasteiger partial charge on any atom is -0.398 e. The summed E-state index contributed by atoms with van der Waals surface area (Å²) in [7, 11) is 2.17. The lowest BCUT2D eigenvalue weighted by Gasteiger charge is -2.28. The second-order valence-corrected chi connectivity index (χ2v) is 9.25. The molecule has 3 aromatic rings. The number of fused-ring (bicyclic) bond motifs is 1. The number of piperidine rings is 1. The summed E-state index contributed by atoms with van der Waals surface area (Å²) in [6, 6.07) is 11.4. The molecule has 1 fully saturated rings. The van der Waals surface area contributed by atoms with E-state index in [4.69, 9.17) is 11.1 Å². The van der Waals surface area contributed by atoms with Gasteiger partial charge in [0.05, 0.1) is 5.57 Å². The number of allylic oxidation sites excluding steroid dienone is 2. The summed E-state index contributed by atoms with van der Waals surface area (Å²) in [6.07, 6.45) is 10.6. The molecule has 2 aliphatic heterocycles. The van der Waals surface area contributed by atoms with E-state index < -0.39 is 6.17 Å². The Labute approximate surface area is 204 Å². The van der Waals surface area contributed by atoms with Crippen LogP contribution in [0.5, 0.6) is 0 Å². The fraction of sp³-hybridized carbons (Fsp3) is 0.259. The maximum Gasteiger partial charge on any atom is 0.255 e. The predicted octanol–water partition coefficient (Wildman–Crippen LogP) is 3.98. The molecule has 7 N–H and O–H groups in total. The molecule has 0 bridgehead atoms. The van der Waals surface area contributed by atoms with Crippen LogP contribution >= 0.6 is 0 Å². The highest BCUT2D eigenvalue weighted by molar-refractivity contribution is 6.06. The van der Waals surface area contributed by atoms with Crippen molar-refractivity contribution in [2.45, 2.75) is 24.9 Å². The molecule has 180 valence electrons. The zero-order chi connectivity index (χ0) is 24.4. The lowest BCUT2D eigenvalue weighted by molar-refractivity contribution is -0.113. The molecular formula is C27H31N7O. The number of benzene rings is 2. The van der Waals surface area contributed by atoms with Gasteiger partial charge in [-0.2, -0.15) is 0 Å². The van der Waals surface area contributed by atoms with Gasteiger partial charge in [-0.15, -0.1) is 0 Å². The first-order valence-corrected chi connectivity index (χ1v) is 11.9. The highest BCUT2D eigenvalue weighted by atomic mass is 16.1. The van der Waals surface area contributed by atoms with Crippen molar-refractivity contribution in [3.8, 4) is 0 Å². The van der Waals surface area contributed by atoms with Gasteiger partial charge in [0.2, 0.25) is 0 Å². The average Bonchev–Trinajstić information content (AvgIpc) is 3.28. The van der Waals surface area contributed by atoms with Gasteiger partial charge < -0.3 is 37.0 Å². The molecule has 3 heterocycles. The molecule has 0 spiro atoms. The van der Waals surface area contributed by atoms with Gasteiger partial charge in [0.25, 0.3) is 5.91 Å². The van der Waals surface area contributed by atoms with E-state index >= 15 is 0 Å². The zero-order valence-corrected chi connectivity index (χ0v) is 19.8. The van der Waals surface area contributed by atoms with Crippen molar-refractivity contribution in [3.05, 3.63) is 77.6 Å². The highest BCUT2D eigenvalue weighted by Gasteiger charge is 2.23. The van der Waals surface area contributed by atoms with Gasteiger partial charge in [-0.05, 0) is 99.2 Å². The van der Waals surface area contributed by atoms with Crippen LogP contribution in [0, 0.1) is 5.41 Å². The lowest BCUT2D eigenvalue weighted by atomic mass is 9.89. The second-order valence-electron chi connectivity index (χ2n) is 9.25. The summed E-state index contributed by atoms with van der Waals surface area (Å²) in [5.41, 5.74) is 11.7. The molecule has 35 heavy (non-hydrogen) atoms. The largest absolute Gasteiger partial charge is 0.398 e. The number of dihydropyridines is 1. The number of nitrogens with one attached hydrogen (secondary N) is 5. The maximum atomic E-state index is 13.3. The number of aromatic nitrogens is 1. The fourth-order valence-electron chi connectivity index (χ4n) is 4.86. The van der Waals surface area contributed by atoms with Crippen LogP contribution < -0.4 is 21.7 Å². The third kappa shape index (κ3) is 4.79. The summed E-state index contributed by atoms with van der Waals surface area (Å²) < 4.78 is 0. The Morgan fingerprint density at radius 2 is 1.97 bits per heavy atom. The molecule has 0 aliphatic carbocycles. The summed E-state index contributed by atoms with van der Waals surface area (Å²) in [5.74, 6) is 0.348. The lowest BCUT2D eigenvalue weighted by Crippen LogP contribution is -2.40. The van der Waals surface area contributed by atoms with Crippen molar-refractivity contribution in [3.63, 3.8) is 0 Å². The first-order chi connectivity index (χ1) is 17.0. The van der Waals surface area contributed by atoms with E-state index in [2.05, 4.69) is 45.1 Å². The number of hydrogen-bond acceptors (Lipinski definition) is 6. The number of rotatable bonds is 6. The van der Waals surface area contributed by atoms with Gasteiger partial charge in [-0.1, -0.05) is 0 Å². The number of carbonyl (C=O) groups excluding carboxylic acids is 1. The molecule has 0 saturated carbocycles. The average molecular weight is 470 g/mol. The maximum absolute atomic E-state index is 13.3. The number of likely N-dealkylation sites (tertiary alicyclic amines) is 1. The third-order valence-corrected chi connectivity index (χ3v) is 6.89. The number of aromatic amines is 1. The van der Waals surface area contributed by atoms with Crippen LogP contribution in [0.15, 0.2) is 66.5 Å². The monoisotopic (exact) mass is 469 g/mol. The van der Waals surface area contributed by atoms with E-state index in [9.17, 15) is 4.79 Å². The van der Waals surface area contributed by atoms with E-state index in [0.29, 0.717) is 22.7 Å². The number of nitrogen functional groups attached to an aromatic ring is 1. The van der Waals surface area contributed by atoms with E-state index in [1.54, 1.807) is 24.4 Å². The van der Waals surface area contributed by atoms with Crippen LogP contribution in [0.2, 0.25) is 0 Å². The molecule has 1 unspecified atom stereocenters. The quantitative estimate of drug-likeness (QED) is 0.241. The molecule has 0 radical (unpaired) electrons. The molecule has 1 saturated heterocycles. The van der Waals surface area contributed by atoms with Gasteiger partial charge in [0.1, 0.15) is 6.17 Å². The van der Waals surface area contributed by atoms with E-state index in [1.807, 2.05) is 24.3 Å². The van der Waals surface area contributed by atoms with Crippen molar-refractivity contribution >= 4 is 40.1 Å². The van der Waals surface area contributed by atoms with Crippen LogP contribution in [-0.4, -0.2) is 48.3 Å². The van der Waals surface area contributed by atoms with E-state index in [0.717, 1.165) is 42.8 Å². The molecule has 1 atom stereocenters. The Balaban J connectivity index is 1.33. The fourth-order valence-corrected chi connectivity index (χ4v) is 4.86. The molecular weight excluding hydrogens is 438 g/mol. The second kappa shape index (κ2) is 9.68. The highest BCUT2D eigenvalue weighted by Crippen LogP contribution is 2.34. The number of nitrogens with two attached hydrogens (primary N) is 1. The SMILES string of the molecule is CN1CCC(c2c[nH]c3ccc(NC(=O)C4=CC=CNC4Nc4ccc(C=N)c(N)c4)cc23)CC1. The van der Waals surface area contributed by atoms with Crippen molar-refractivity contribution in [1.82, 2.24) is 15.2 Å². The van der Waals surface area contributed by atoms with Crippen molar-refractivity contribution in [2.75, 3.05) is 36.5 Å². The molecule has 1 aromatic heterocycles. The number of nitrogens with zero attached hydrogens (tertiary/aromatic N) is 1. The Bertz CT molecular complexity index is 1310. The van der Waals surface area contributed by atoms with Gasteiger partial charge in [-0.25, -0.2) is 0 Å². The van der Waals surface area contributed by atoms with Crippen molar-refractivity contribution < 1.29 is 4.79 Å². The van der Waals surface area contributed by atoms with Gasteiger partial charge in [-0.3, -0.25) is 4.79 Å². The van der Waals surface area contributed by atoms with Crippen LogP contribution in [0.1, 0.15) is 29.9 Å². The molecule has 8 nitrogen and oxygen atoms in total. The normalized spacial score (nSPS) is 18.7. The molecule has 8 heteroatoms. The minimum absolute atomic E-state index is 0.181. The number of anilines is 3. The first-order valence-electron chi connectivity index (χ1n) is 11.9.